The highest BCUT2D eigenvalue weighted by atomic mass is 16.5. The number of hydrogen-bond donors (Lipinski definition) is 0. The summed E-state index contributed by atoms with van der Waals surface area (Å²) < 4.78 is 26.2. The molecule has 0 aromatic heterocycles. The Labute approximate surface area is 113 Å². The first-order valence-corrected chi connectivity index (χ1v) is 5.86. The molecule has 0 amide bonds. The van der Waals surface area contributed by atoms with Gasteiger partial charge in [0.25, 0.3) is 0 Å². The number of benzene rings is 1. The van der Waals surface area contributed by atoms with Crippen molar-refractivity contribution in [2.75, 3.05) is 34.5 Å². The van der Waals surface area contributed by atoms with E-state index in [0.717, 1.165) is 5.56 Å². The highest BCUT2D eigenvalue weighted by Gasteiger charge is 2.12. The van der Waals surface area contributed by atoms with Gasteiger partial charge in [0.2, 0.25) is 5.75 Å². The third kappa shape index (κ3) is 4.37. The van der Waals surface area contributed by atoms with Gasteiger partial charge in [-0.05, 0) is 17.7 Å². The number of hydrogen-bond acceptors (Lipinski definition) is 5. The summed E-state index contributed by atoms with van der Waals surface area (Å²) in [4.78, 5) is 0. The van der Waals surface area contributed by atoms with Crippen molar-refractivity contribution >= 4 is 0 Å². The Balaban J connectivity index is 2.70. The smallest absolute Gasteiger partial charge is 0.203 e. The Kier molecular flexibility index (Phi) is 6.60. The van der Waals surface area contributed by atoms with E-state index in [-0.39, 0.29) is 0 Å². The molecule has 0 saturated heterocycles. The van der Waals surface area contributed by atoms with Gasteiger partial charge < -0.3 is 23.7 Å². The maximum Gasteiger partial charge on any atom is 0.203 e. The third-order valence-electron chi connectivity index (χ3n) is 2.46. The fourth-order valence-corrected chi connectivity index (χ4v) is 1.60. The minimum Gasteiger partial charge on any atom is -0.499 e. The maximum atomic E-state index is 5.47. The zero-order chi connectivity index (χ0) is 14.1. The van der Waals surface area contributed by atoms with E-state index in [4.69, 9.17) is 23.7 Å². The summed E-state index contributed by atoms with van der Waals surface area (Å²) in [6, 6.07) is 3.71. The van der Waals surface area contributed by atoms with Crippen LogP contribution in [0.25, 0.3) is 0 Å². The second-order valence-corrected chi connectivity index (χ2v) is 3.62. The van der Waals surface area contributed by atoms with Crippen molar-refractivity contribution in [3.63, 3.8) is 0 Å². The molecule has 0 N–H and O–H groups in total. The second kappa shape index (κ2) is 8.26. The van der Waals surface area contributed by atoms with Gasteiger partial charge in [0, 0.05) is 0 Å². The normalized spacial score (nSPS) is 9.84. The van der Waals surface area contributed by atoms with Crippen LogP contribution in [0.1, 0.15) is 5.56 Å². The van der Waals surface area contributed by atoms with Crippen molar-refractivity contribution < 1.29 is 23.7 Å². The topological polar surface area (TPSA) is 46.2 Å². The monoisotopic (exact) mass is 268 g/mol. The van der Waals surface area contributed by atoms with Gasteiger partial charge in [0.05, 0.1) is 40.8 Å². The van der Waals surface area contributed by atoms with Crippen molar-refractivity contribution in [3.05, 3.63) is 30.5 Å². The zero-order valence-electron chi connectivity index (χ0n) is 11.6. The van der Waals surface area contributed by atoms with Gasteiger partial charge in [-0.15, -0.1) is 0 Å². The third-order valence-corrected chi connectivity index (χ3v) is 2.46. The van der Waals surface area contributed by atoms with E-state index in [9.17, 15) is 0 Å². The van der Waals surface area contributed by atoms with Gasteiger partial charge in [-0.25, -0.2) is 0 Å². The Hall–Kier alpha value is -1.88. The van der Waals surface area contributed by atoms with Gasteiger partial charge >= 0.3 is 0 Å². The predicted molar refractivity (Wildman–Crippen MR) is 71.9 cm³/mol. The largest absolute Gasteiger partial charge is 0.499 e. The molecule has 0 spiro atoms. The maximum absolute atomic E-state index is 5.47. The molecule has 0 saturated carbocycles. The first-order chi connectivity index (χ1) is 9.26. The standard InChI is InChI=1S/C14H20O5/c1-5-18-6-7-19-10-11-8-12(15-2)14(17-4)13(9-11)16-3/h5,8-9H,1,6-7,10H2,2-4H3. The highest BCUT2D eigenvalue weighted by molar-refractivity contribution is 5.53. The molecule has 0 heterocycles. The molecule has 0 radical (unpaired) electrons. The van der Waals surface area contributed by atoms with E-state index in [2.05, 4.69) is 6.58 Å². The molecule has 0 aliphatic heterocycles. The molecule has 1 rings (SSSR count). The molecule has 0 bridgehead atoms. The van der Waals surface area contributed by atoms with Crippen LogP contribution in [0.4, 0.5) is 0 Å². The molecule has 5 nitrogen and oxygen atoms in total. The Morgan fingerprint density at radius 1 is 1.00 bits per heavy atom. The molecule has 106 valence electrons. The van der Waals surface area contributed by atoms with Gasteiger partial charge in [0.1, 0.15) is 6.61 Å². The van der Waals surface area contributed by atoms with Crippen LogP contribution in [0.15, 0.2) is 25.0 Å². The fourth-order valence-electron chi connectivity index (χ4n) is 1.60. The molecule has 0 aliphatic rings. The lowest BCUT2D eigenvalue weighted by Crippen LogP contribution is -2.02. The SMILES string of the molecule is C=COCCOCc1cc(OC)c(OC)c(OC)c1. The van der Waals surface area contributed by atoms with Gasteiger partial charge in [-0.1, -0.05) is 6.58 Å². The Morgan fingerprint density at radius 2 is 1.63 bits per heavy atom. The van der Waals surface area contributed by atoms with Crippen LogP contribution < -0.4 is 14.2 Å². The van der Waals surface area contributed by atoms with E-state index in [1.165, 1.54) is 6.26 Å². The van der Waals surface area contributed by atoms with Crippen molar-refractivity contribution in [2.45, 2.75) is 6.61 Å². The zero-order valence-corrected chi connectivity index (χ0v) is 11.6. The van der Waals surface area contributed by atoms with Crippen LogP contribution in [-0.4, -0.2) is 34.5 Å². The van der Waals surface area contributed by atoms with Crippen molar-refractivity contribution in [1.29, 1.82) is 0 Å². The summed E-state index contributed by atoms with van der Waals surface area (Å²) in [5.41, 5.74) is 0.938. The summed E-state index contributed by atoms with van der Waals surface area (Å²) in [5.74, 6) is 1.80. The van der Waals surface area contributed by atoms with E-state index < -0.39 is 0 Å². The molecular weight excluding hydrogens is 248 g/mol. The summed E-state index contributed by atoms with van der Waals surface area (Å²) in [7, 11) is 4.74. The molecule has 0 aliphatic carbocycles. The van der Waals surface area contributed by atoms with E-state index in [0.29, 0.717) is 37.1 Å². The van der Waals surface area contributed by atoms with Crippen LogP contribution in [0.5, 0.6) is 17.2 Å². The van der Waals surface area contributed by atoms with Crippen molar-refractivity contribution in [3.8, 4) is 17.2 Å². The molecule has 0 fully saturated rings. The summed E-state index contributed by atoms with van der Waals surface area (Å²) in [6.45, 7) is 4.87. The minimum atomic E-state index is 0.442. The summed E-state index contributed by atoms with van der Waals surface area (Å²) in [5, 5.41) is 0. The summed E-state index contributed by atoms with van der Waals surface area (Å²) in [6.07, 6.45) is 1.39. The van der Waals surface area contributed by atoms with E-state index in [1.807, 2.05) is 12.1 Å². The van der Waals surface area contributed by atoms with Crippen LogP contribution >= 0.6 is 0 Å². The highest BCUT2D eigenvalue weighted by Crippen LogP contribution is 2.38. The number of rotatable bonds is 9. The van der Waals surface area contributed by atoms with Gasteiger partial charge in [0.15, 0.2) is 11.5 Å². The quantitative estimate of drug-likeness (QED) is 0.508. The molecule has 5 heteroatoms. The van der Waals surface area contributed by atoms with Gasteiger partial charge in [-0.2, -0.15) is 0 Å². The van der Waals surface area contributed by atoms with E-state index in [1.54, 1.807) is 21.3 Å². The molecule has 19 heavy (non-hydrogen) atoms. The van der Waals surface area contributed by atoms with Crippen LogP contribution in [0.3, 0.4) is 0 Å². The number of methoxy groups -OCH3 is 3. The van der Waals surface area contributed by atoms with Crippen LogP contribution in [0, 0.1) is 0 Å². The lowest BCUT2D eigenvalue weighted by Gasteiger charge is -2.14. The second-order valence-electron chi connectivity index (χ2n) is 3.62. The predicted octanol–water partition coefficient (Wildman–Crippen LogP) is 2.39. The average molecular weight is 268 g/mol. The Morgan fingerprint density at radius 3 is 2.11 bits per heavy atom. The number of ether oxygens (including phenoxy) is 5. The van der Waals surface area contributed by atoms with Crippen LogP contribution in [-0.2, 0) is 16.1 Å². The van der Waals surface area contributed by atoms with Crippen molar-refractivity contribution in [2.24, 2.45) is 0 Å². The summed E-state index contributed by atoms with van der Waals surface area (Å²) >= 11 is 0. The van der Waals surface area contributed by atoms with Crippen LogP contribution in [0.2, 0.25) is 0 Å². The average Bonchev–Trinajstić information content (AvgIpc) is 2.45. The molecule has 0 atom stereocenters. The lowest BCUT2D eigenvalue weighted by molar-refractivity contribution is 0.0748. The first-order valence-electron chi connectivity index (χ1n) is 5.86. The molecule has 1 aromatic rings. The lowest BCUT2D eigenvalue weighted by atomic mass is 10.2. The molecular formula is C14H20O5. The first kappa shape index (κ1) is 15.2. The van der Waals surface area contributed by atoms with Gasteiger partial charge in [-0.3, -0.25) is 0 Å². The minimum absolute atomic E-state index is 0.442. The Bertz CT molecular complexity index is 378. The van der Waals surface area contributed by atoms with Crippen molar-refractivity contribution in [1.82, 2.24) is 0 Å². The van der Waals surface area contributed by atoms with E-state index >= 15 is 0 Å². The molecule has 1 aromatic carbocycles. The fraction of sp³-hybridized carbons (Fsp3) is 0.429. The molecule has 0 unspecified atom stereocenters.